The monoisotopic (exact) mass is 694 g/mol. The molecule has 0 unspecified atom stereocenters. The van der Waals surface area contributed by atoms with Gasteiger partial charge in [0.05, 0.1) is 19.0 Å². The number of ketones is 2. The standard InChI is InChI=1S/C29H26Br2Cl2N2O4/c1-2-35-21-5-3-7-23(36)27(21)26(28-22(35)6-4-8-24(28)37)15-11-17(30)29(18(31)12-15)39-14-25(38)34-16-9-10-19(32)20(33)13-16/h9-13,26H,2-8,14H2,1H3,(H,34,38). The number of benzene rings is 2. The van der Waals surface area contributed by atoms with E-state index >= 15 is 0 Å². The van der Waals surface area contributed by atoms with Crippen LogP contribution in [0.4, 0.5) is 5.69 Å². The third-order valence-electron chi connectivity index (χ3n) is 7.31. The molecule has 2 aliphatic carbocycles. The summed E-state index contributed by atoms with van der Waals surface area (Å²) in [6.45, 7) is 2.56. The summed E-state index contributed by atoms with van der Waals surface area (Å²) in [5, 5.41) is 3.47. The molecule has 5 rings (SSSR count). The van der Waals surface area contributed by atoms with Crippen molar-refractivity contribution in [3.8, 4) is 5.75 Å². The maximum atomic E-state index is 13.3. The molecule has 2 aromatic carbocycles. The summed E-state index contributed by atoms with van der Waals surface area (Å²) in [5.41, 5.74) is 4.93. The number of nitrogens with zero attached hydrogens (tertiary/aromatic N) is 1. The topological polar surface area (TPSA) is 75.7 Å². The minimum Gasteiger partial charge on any atom is -0.481 e. The van der Waals surface area contributed by atoms with Crippen LogP contribution in [0.5, 0.6) is 5.75 Å². The van der Waals surface area contributed by atoms with E-state index in [1.54, 1.807) is 18.2 Å². The van der Waals surface area contributed by atoms with Gasteiger partial charge in [0.25, 0.3) is 5.91 Å². The first-order valence-electron chi connectivity index (χ1n) is 12.9. The van der Waals surface area contributed by atoms with Crippen molar-refractivity contribution in [2.45, 2.75) is 51.4 Å². The molecule has 1 heterocycles. The highest BCUT2D eigenvalue weighted by Gasteiger charge is 2.43. The van der Waals surface area contributed by atoms with Crippen molar-refractivity contribution in [2.24, 2.45) is 0 Å². The van der Waals surface area contributed by atoms with E-state index in [0.717, 1.165) is 60.3 Å². The molecule has 0 radical (unpaired) electrons. The van der Waals surface area contributed by atoms with E-state index in [-0.39, 0.29) is 24.1 Å². The van der Waals surface area contributed by atoms with Crippen molar-refractivity contribution in [1.82, 2.24) is 4.90 Å². The molecule has 204 valence electrons. The fourth-order valence-corrected chi connectivity index (χ4v) is 7.47. The van der Waals surface area contributed by atoms with E-state index in [2.05, 4.69) is 49.0 Å². The van der Waals surface area contributed by atoms with Gasteiger partial charge in [0.1, 0.15) is 5.75 Å². The van der Waals surface area contributed by atoms with Crippen LogP contribution in [0.1, 0.15) is 56.9 Å². The van der Waals surface area contributed by atoms with Crippen molar-refractivity contribution >= 4 is 78.2 Å². The number of hydrogen-bond donors (Lipinski definition) is 1. The van der Waals surface area contributed by atoms with E-state index in [1.165, 1.54) is 0 Å². The molecule has 0 fully saturated rings. The Morgan fingerprint density at radius 3 is 2.08 bits per heavy atom. The lowest BCUT2D eigenvalue weighted by molar-refractivity contribution is -0.118. The molecule has 39 heavy (non-hydrogen) atoms. The van der Waals surface area contributed by atoms with Gasteiger partial charge in [0.2, 0.25) is 0 Å². The van der Waals surface area contributed by atoms with Crippen LogP contribution in [-0.2, 0) is 14.4 Å². The smallest absolute Gasteiger partial charge is 0.262 e. The molecule has 1 N–H and O–H groups in total. The van der Waals surface area contributed by atoms with Gasteiger partial charge in [-0.2, -0.15) is 0 Å². The molecule has 0 atom stereocenters. The number of allylic oxidation sites excluding steroid dienone is 4. The molecule has 0 spiro atoms. The van der Waals surface area contributed by atoms with Crippen LogP contribution < -0.4 is 10.1 Å². The number of carbonyl (C=O) groups is 3. The molecular formula is C29H26Br2Cl2N2O4. The maximum Gasteiger partial charge on any atom is 0.262 e. The van der Waals surface area contributed by atoms with Gasteiger partial charge in [-0.3, -0.25) is 14.4 Å². The fraction of sp³-hybridized carbons (Fsp3) is 0.345. The number of amides is 1. The van der Waals surface area contributed by atoms with Gasteiger partial charge in [-0.25, -0.2) is 0 Å². The third-order valence-corrected chi connectivity index (χ3v) is 9.22. The molecule has 1 aliphatic heterocycles. The SMILES string of the molecule is CCN1C2=C(C(=O)CCC2)C(c2cc(Br)c(OCC(=O)Nc3ccc(Cl)c(Cl)c3)c(Br)c2)C2=C1CCCC2=O. The highest BCUT2D eigenvalue weighted by Crippen LogP contribution is 2.50. The van der Waals surface area contributed by atoms with Crippen LogP contribution >= 0.6 is 55.1 Å². The van der Waals surface area contributed by atoms with E-state index < -0.39 is 5.92 Å². The summed E-state index contributed by atoms with van der Waals surface area (Å²) in [6.07, 6.45) is 4.27. The Balaban J connectivity index is 1.45. The predicted octanol–water partition coefficient (Wildman–Crippen LogP) is 7.97. The Kier molecular flexibility index (Phi) is 8.57. The zero-order valence-electron chi connectivity index (χ0n) is 21.2. The van der Waals surface area contributed by atoms with Gasteiger partial charge in [0, 0.05) is 53.5 Å². The lowest BCUT2D eigenvalue weighted by Crippen LogP contribution is -2.39. The highest BCUT2D eigenvalue weighted by atomic mass is 79.9. The fourth-order valence-electron chi connectivity index (χ4n) is 5.72. The molecule has 1 amide bonds. The molecule has 3 aliphatic rings. The van der Waals surface area contributed by atoms with Crippen LogP contribution in [0.2, 0.25) is 10.0 Å². The van der Waals surface area contributed by atoms with E-state index in [1.807, 2.05) is 12.1 Å². The van der Waals surface area contributed by atoms with Gasteiger partial charge in [-0.05, 0) is 100 Å². The van der Waals surface area contributed by atoms with Gasteiger partial charge in [0.15, 0.2) is 18.2 Å². The second kappa shape index (κ2) is 11.8. The number of halogens is 4. The first-order valence-corrected chi connectivity index (χ1v) is 15.2. The Hall–Kier alpha value is -2.13. The van der Waals surface area contributed by atoms with E-state index in [9.17, 15) is 14.4 Å². The van der Waals surface area contributed by atoms with Gasteiger partial charge < -0.3 is 15.0 Å². The summed E-state index contributed by atoms with van der Waals surface area (Å²) in [5.74, 6) is -0.124. The number of hydrogen-bond acceptors (Lipinski definition) is 5. The van der Waals surface area contributed by atoms with Gasteiger partial charge >= 0.3 is 0 Å². The zero-order valence-corrected chi connectivity index (χ0v) is 25.9. The van der Waals surface area contributed by atoms with Crippen LogP contribution in [0.3, 0.4) is 0 Å². The summed E-state index contributed by atoms with van der Waals surface area (Å²) in [6, 6.07) is 8.61. The van der Waals surface area contributed by atoms with E-state index in [0.29, 0.717) is 43.3 Å². The summed E-state index contributed by atoms with van der Waals surface area (Å²) in [4.78, 5) is 41.4. The Morgan fingerprint density at radius 1 is 0.949 bits per heavy atom. The minimum absolute atomic E-state index is 0.108. The molecule has 0 saturated carbocycles. The molecule has 10 heteroatoms. The Labute approximate surface area is 254 Å². The highest BCUT2D eigenvalue weighted by molar-refractivity contribution is 9.11. The normalized spacial score (nSPS) is 17.8. The molecule has 0 aromatic heterocycles. The molecule has 0 bridgehead atoms. The van der Waals surface area contributed by atoms with Gasteiger partial charge in [-0.15, -0.1) is 0 Å². The Bertz CT molecular complexity index is 1390. The van der Waals surface area contributed by atoms with Crippen LogP contribution in [0.25, 0.3) is 0 Å². The molecule has 2 aromatic rings. The second-order valence-corrected chi connectivity index (χ2v) is 12.3. The van der Waals surface area contributed by atoms with Crippen molar-refractivity contribution < 1.29 is 19.1 Å². The molecule has 0 saturated heterocycles. The van der Waals surface area contributed by atoms with Crippen molar-refractivity contribution in [3.05, 3.63) is 77.4 Å². The quantitative estimate of drug-likeness (QED) is 0.332. The Morgan fingerprint density at radius 2 is 1.54 bits per heavy atom. The lowest BCUT2D eigenvalue weighted by atomic mass is 9.71. The van der Waals surface area contributed by atoms with Crippen molar-refractivity contribution in [2.75, 3.05) is 18.5 Å². The summed E-state index contributed by atoms with van der Waals surface area (Å²) in [7, 11) is 0. The number of Topliss-reactive ketones (excluding diaryl/α,β-unsaturated/α-hetero) is 2. The van der Waals surface area contributed by atoms with Crippen LogP contribution in [-0.4, -0.2) is 35.5 Å². The van der Waals surface area contributed by atoms with Crippen molar-refractivity contribution in [3.63, 3.8) is 0 Å². The average Bonchev–Trinajstić information content (AvgIpc) is 2.89. The van der Waals surface area contributed by atoms with Gasteiger partial charge in [-0.1, -0.05) is 23.2 Å². The second-order valence-electron chi connectivity index (χ2n) is 9.73. The first kappa shape index (κ1) is 28.4. The maximum absolute atomic E-state index is 13.3. The summed E-state index contributed by atoms with van der Waals surface area (Å²) >= 11 is 19.2. The number of nitrogens with one attached hydrogen (secondary N) is 1. The molecule has 6 nitrogen and oxygen atoms in total. The van der Waals surface area contributed by atoms with E-state index in [4.69, 9.17) is 27.9 Å². The number of carbonyl (C=O) groups excluding carboxylic acids is 3. The predicted molar refractivity (Wildman–Crippen MR) is 159 cm³/mol. The van der Waals surface area contributed by atoms with Crippen LogP contribution in [0, 0.1) is 0 Å². The number of rotatable bonds is 6. The lowest BCUT2D eigenvalue weighted by Gasteiger charge is -2.43. The first-order chi connectivity index (χ1) is 18.7. The zero-order chi connectivity index (χ0) is 27.8. The molecular weight excluding hydrogens is 671 g/mol. The van der Waals surface area contributed by atoms with Crippen LogP contribution in [0.15, 0.2) is 61.8 Å². The average molecular weight is 697 g/mol. The van der Waals surface area contributed by atoms with Crippen molar-refractivity contribution in [1.29, 1.82) is 0 Å². The minimum atomic E-state index is -0.419. The largest absolute Gasteiger partial charge is 0.481 e. The third kappa shape index (κ3) is 5.58. The summed E-state index contributed by atoms with van der Waals surface area (Å²) < 4.78 is 7.08. The number of anilines is 1. The number of ether oxygens (including phenoxy) is 1.